The molecule has 4 aromatic carbocycles. The molecular formula is C30H20IrN2-2. The summed E-state index contributed by atoms with van der Waals surface area (Å²) in [5, 5.41) is 4.81. The van der Waals surface area contributed by atoms with Crippen molar-refractivity contribution in [3.05, 3.63) is 134 Å². The summed E-state index contributed by atoms with van der Waals surface area (Å²) in [6.45, 7) is 0. The largest absolute Gasteiger partial charge is 0.305 e. The van der Waals surface area contributed by atoms with Gasteiger partial charge in [0.25, 0.3) is 0 Å². The Morgan fingerprint density at radius 1 is 0.515 bits per heavy atom. The summed E-state index contributed by atoms with van der Waals surface area (Å²) in [6, 6.07) is 43.0. The van der Waals surface area contributed by atoms with Gasteiger partial charge in [-0.25, -0.2) is 0 Å². The second-order valence-corrected chi connectivity index (χ2v) is 7.31. The Labute approximate surface area is 207 Å². The van der Waals surface area contributed by atoms with Crippen molar-refractivity contribution in [2.24, 2.45) is 0 Å². The van der Waals surface area contributed by atoms with E-state index in [0.29, 0.717) is 0 Å². The number of benzene rings is 4. The summed E-state index contributed by atoms with van der Waals surface area (Å²) in [7, 11) is 0. The van der Waals surface area contributed by atoms with Gasteiger partial charge in [0, 0.05) is 32.5 Å². The van der Waals surface area contributed by atoms with Crippen LogP contribution >= 0.6 is 0 Å². The predicted octanol–water partition coefficient (Wildman–Crippen LogP) is 7.40. The Kier molecular flexibility index (Phi) is 7.36. The first-order chi connectivity index (χ1) is 15.9. The normalized spacial score (nSPS) is 10.2. The molecule has 0 N–H and O–H groups in total. The third kappa shape index (κ3) is 5.06. The molecule has 33 heavy (non-hydrogen) atoms. The summed E-state index contributed by atoms with van der Waals surface area (Å²) >= 11 is 0. The van der Waals surface area contributed by atoms with E-state index in [2.05, 4.69) is 52.4 Å². The molecule has 0 spiro atoms. The standard InChI is InChI=1S/2C15H10N.Ir/c1-2-8-13-12(6-1)7-5-9-14(13)15-10-3-4-11-16-15;1-2-7-13(8-3-1)15-14-9-5-4-6-12(14)10-11-16-15;/h1-8,10-11H;1-7,9-11H;/q2*-1;. The van der Waals surface area contributed by atoms with Crippen LogP contribution in [0.4, 0.5) is 0 Å². The molecule has 2 heterocycles. The van der Waals surface area contributed by atoms with E-state index in [0.717, 1.165) is 22.5 Å². The van der Waals surface area contributed by atoms with Gasteiger partial charge in [-0.2, -0.15) is 0 Å². The molecule has 3 heteroatoms. The molecule has 0 bridgehead atoms. The van der Waals surface area contributed by atoms with E-state index in [1.165, 1.54) is 21.5 Å². The van der Waals surface area contributed by atoms with Crippen molar-refractivity contribution >= 4 is 21.5 Å². The quantitative estimate of drug-likeness (QED) is 0.194. The second kappa shape index (κ2) is 10.8. The number of fused-ring (bicyclic) bond motifs is 2. The number of nitrogens with zero attached hydrogens (tertiary/aromatic N) is 2. The van der Waals surface area contributed by atoms with Crippen molar-refractivity contribution in [1.82, 2.24) is 9.97 Å². The van der Waals surface area contributed by atoms with Gasteiger partial charge in [0.2, 0.25) is 0 Å². The Morgan fingerprint density at radius 2 is 1.24 bits per heavy atom. The van der Waals surface area contributed by atoms with Crippen molar-refractivity contribution in [2.45, 2.75) is 0 Å². The van der Waals surface area contributed by atoms with E-state index < -0.39 is 0 Å². The van der Waals surface area contributed by atoms with Gasteiger partial charge in [-0.3, -0.25) is 0 Å². The topological polar surface area (TPSA) is 25.8 Å². The van der Waals surface area contributed by atoms with Gasteiger partial charge in [-0.1, -0.05) is 66.0 Å². The third-order valence-electron chi connectivity index (χ3n) is 5.28. The van der Waals surface area contributed by atoms with Crippen LogP contribution in [0.3, 0.4) is 0 Å². The number of rotatable bonds is 2. The van der Waals surface area contributed by atoms with Gasteiger partial charge in [0.15, 0.2) is 0 Å². The predicted molar refractivity (Wildman–Crippen MR) is 132 cm³/mol. The van der Waals surface area contributed by atoms with Gasteiger partial charge < -0.3 is 9.97 Å². The molecule has 2 aromatic heterocycles. The minimum atomic E-state index is 0. The van der Waals surface area contributed by atoms with Crippen molar-refractivity contribution < 1.29 is 20.1 Å². The van der Waals surface area contributed by atoms with Gasteiger partial charge in [0.1, 0.15) is 0 Å². The molecule has 0 aliphatic heterocycles. The molecule has 6 rings (SSSR count). The number of hydrogen-bond acceptors (Lipinski definition) is 2. The van der Waals surface area contributed by atoms with E-state index in [1.54, 1.807) is 0 Å². The Morgan fingerprint density at radius 3 is 2.00 bits per heavy atom. The molecule has 0 fully saturated rings. The van der Waals surface area contributed by atoms with Gasteiger partial charge >= 0.3 is 0 Å². The van der Waals surface area contributed by atoms with Crippen LogP contribution in [-0.4, -0.2) is 9.97 Å². The Hall–Kier alpha value is -3.65. The Balaban J connectivity index is 0.000000152. The molecule has 0 amide bonds. The second-order valence-electron chi connectivity index (χ2n) is 7.31. The summed E-state index contributed by atoms with van der Waals surface area (Å²) in [4.78, 5) is 8.81. The van der Waals surface area contributed by atoms with Crippen LogP contribution in [0.2, 0.25) is 0 Å². The van der Waals surface area contributed by atoms with Crippen LogP contribution in [0.5, 0.6) is 0 Å². The summed E-state index contributed by atoms with van der Waals surface area (Å²) < 4.78 is 0. The minimum absolute atomic E-state index is 0. The fraction of sp³-hybridized carbons (Fsp3) is 0. The van der Waals surface area contributed by atoms with E-state index in [4.69, 9.17) is 0 Å². The van der Waals surface area contributed by atoms with Crippen LogP contribution in [0, 0.1) is 12.1 Å². The minimum Gasteiger partial charge on any atom is -0.305 e. The fourth-order valence-corrected chi connectivity index (χ4v) is 3.76. The molecule has 1 radical (unpaired) electrons. The van der Waals surface area contributed by atoms with Crippen LogP contribution in [-0.2, 0) is 20.1 Å². The number of pyridine rings is 2. The van der Waals surface area contributed by atoms with Crippen LogP contribution in [0.15, 0.2) is 122 Å². The van der Waals surface area contributed by atoms with Gasteiger partial charge in [0.05, 0.1) is 0 Å². The molecule has 0 atom stereocenters. The molecule has 0 saturated heterocycles. The SMILES string of the molecule is [Ir].[c-]1ccc2ccccc2c1-c1ccccn1.[c-]1ccccc1-c1nccc2ccccc12. The monoisotopic (exact) mass is 601 g/mol. The summed E-state index contributed by atoms with van der Waals surface area (Å²) in [5.41, 5.74) is 4.08. The van der Waals surface area contributed by atoms with Crippen molar-refractivity contribution in [1.29, 1.82) is 0 Å². The zero-order valence-electron chi connectivity index (χ0n) is 17.8. The fourth-order valence-electron chi connectivity index (χ4n) is 3.76. The van der Waals surface area contributed by atoms with E-state index in [-0.39, 0.29) is 20.1 Å². The van der Waals surface area contributed by atoms with Gasteiger partial charge in [-0.15, -0.1) is 65.0 Å². The average Bonchev–Trinajstić information content (AvgIpc) is 2.89. The van der Waals surface area contributed by atoms with E-state index >= 15 is 0 Å². The number of hydrogen-bond donors (Lipinski definition) is 0. The third-order valence-corrected chi connectivity index (χ3v) is 5.28. The molecule has 0 saturated carbocycles. The zero-order valence-corrected chi connectivity index (χ0v) is 20.2. The van der Waals surface area contributed by atoms with Crippen molar-refractivity contribution in [3.8, 4) is 22.5 Å². The van der Waals surface area contributed by atoms with Crippen LogP contribution in [0.25, 0.3) is 44.1 Å². The molecule has 6 aromatic rings. The van der Waals surface area contributed by atoms with Crippen molar-refractivity contribution in [2.75, 3.05) is 0 Å². The molecule has 2 nitrogen and oxygen atoms in total. The first kappa shape index (κ1) is 22.5. The van der Waals surface area contributed by atoms with Crippen molar-refractivity contribution in [3.63, 3.8) is 0 Å². The smallest absolute Gasteiger partial charge is 0.0167 e. The van der Waals surface area contributed by atoms with E-state index in [1.807, 2.05) is 91.3 Å². The van der Waals surface area contributed by atoms with Gasteiger partial charge in [-0.05, 0) is 34.3 Å². The summed E-state index contributed by atoms with van der Waals surface area (Å²) in [5.74, 6) is 0. The molecule has 0 aliphatic rings. The van der Waals surface area contributed by atoms with Crippen LogP contribution < -0.4 is 0 Å². The molecule has 161 valence electrons. The summed E-state index contributed by atoms with van der Waals surface area (Å²) in [6.07, 6.45) is 3.66. The van der Waals surface area contributed by atoms with Crippen LogP contribution in [0.1, 0.15) is 0 Å². The Bertz CT molecular complexity index is 1340. The molecule has 0 aliphatic carbocycles. The maximum absolute atomic E-state index is 4.45. The maximum Gasteiger partial charge on any atom is 0.0167 e. The number of aromatic nitrogens is 2. The first-order valence-electron chi connectivity index (χ1n) is 10.5. The molecule has 0 unspecified atom stereocenters. The molecular weight excluding hydrogens is 581 g/mol. The zero-order chi connectivity index (χ0) is 21.6. The average molecular weight is 601 g/mol. The van der Waals surface area contributed by atoms with E-state index in [9.17, 15) is 0 Å². The maximum atomic E-state index is 4.45. The first-order valence-corrected chi connectivity index (χ1v) is 10.5.